The zero-order chi connectivity index (χ0) is 40.1. The molecule has 2 nitrogen and oxygen atoms in total. The fraction of sp³-hybridized carbons (Fsp3) is 0.0169. The van der Waals surface area contributed by atoms with Crippen LogP contribution in [0.25, 0.3) is 77.2 Å². The molecule has 1 aromatic heterocycles. The molecule has 0 aliphatic heterocycles. The maximum Gasteiger partial charge on any atom is 0.160 e. The van der Waals surface area contributed by atoms with Gasteiger partial charge in [0, 0.05) is 22.1 Å². The second-order valence-electron chi connectivity index (χ2n) is 16.4. The Morgan fingerprint density at radius 2 is 0.869 bits per heavy atom. The summed E-state index contributed by atoms with van der Waals surface area (Å²) in [6.45, 7) is 0. The molecule has 13 rings (SSSR count). The molecule has 0 unspecified atom stereocenters. The smallest absolute Gasteiger partial charge is 0.160 e. The van der Waals surface area contributed by atoms with Crippen molar-refractivity contribution in [3.8, 4) is 44.5 Å². The summed E-state index contributed by atoms with van der Waals surface area (Å²) in [4.78, 5) is 2.43. The largest absolute Gasteiger partial charge is 0.454 e. The molecule has 284 valence electrons. The molecule has 0 N–H and O–H groups in total. The lowest BCUT2D eigenvalue weighted by Gasteiger charge is -2.32. The van der Waals surface area contributed by atoms with E-state index in [9.17, 15) is 0 Å². The number of hydrogen-bond donors (Lipinski definition) is 0. The molecule has 2 aliphatic rings. The topological polar surface area (TPSA) is 16.4 Å². The molecule has 0 radical (unpaired) electrons. The summed E-state index contributed by atoms with van der Waals surface area (Å²) in [5.41, 5.74) is 19.6. The van der Waals surface area contributed by atoms with Crippen molar-refractivity contribution in [3.05, 3.63) is 247 Å². The number of hydrogen-bond acceptors (Lipinski definition) is 2. The number of furan rings is 1. The maximum atomic E-state index is 6.97. The van der Waals surface area contributed by atoms with Crippen molar-refractivity contribution in [2.45, 2.75) is 5.41 Å². The van der Waals surface area contributed by atoms with Gasteiger partial charge < -0.3 is 9.32 Å². The van der Waals surface area contributed by atoms with E-state index in [-0.39, 0.29) is 0 Å². The van der Waals surface area contributed by atoms with Crippen molar-refractivity contribution < 1.29 is 4.42 Å². The van der Waals surface area contributed by atoms with Gasteiger partial charge in [-0.15, -0.1) is 0 Å². The molecule has 61 heavy (non-hydrogen) atoms. The molecule has 11 aromatic rings. The predicted octanol–water partition coefficient (Wildman–Crippen LogP) is 15.9. The summed E-state index contributed by atoms with van der Waals surface area (Å²) in [5, 5.41) is 4.59. The first kappa shape index (κ1) is 34.0. The van der Waals surface area contributed by atoms with Crippen LogP contribution in [0.15, 0.2) is 229 Å². The Bertz CT molecular complexity index is 3480. The molecule has 2 heteroatoms. The van der Waals surface area contributed by atoms with E-state index in [1.165, 1.54) is 61.0 Å². The Morgan fingerprint density at radius 1 is 0.344 bits per heavy atom. The fourth-order valence-corrected chi connectivity index (χ4v) is 10.7. The van der Waals surface area contributed by atoms with Crippen LogP contribution in [0.1, 0.15) is 22.3 Å². The molecule has 1 heterocycles. The molecule has 0 atom stereocenters. The monoisotopic (exact) mass is 775 g/mol. The summed E-state index contributed by atoms with van der Waals surface area (Å²) in [5.74, 6) is 0. The number of fused-ring (bicyclic) bond motifs is 15. The van der Waals surface area contributed by atoms with Crippen LogP contribution < -0.4 is 4.90 Å². The van der Waals surface area contributed by atoms with Crippen LogP contribution in [-0.4, -0.2) is 0 Å². The van der Waals surface area contributed by atoms with E-state index in [1.54, 1.807) is 0 Å². The zero-order valence-electron chi connectivity index (χ0n) is 33.2. The van der Waals surface area contributed by atoms with Gasteiger partial charge in [0.2, 0.25) is 0 Å². The molecular formula is C59H37NO. The predicted molar refractivity (Wildman–Crippen MR) is 253 cm³/mol. The van der Waals surface area contributed by atoms with Gasteiger partial charge in [-0.2, -0.15) is 0 Å². The summed E-state index contributed by atoms with van der Waals surface area (Å²) < 4.78 is 6.97. The molecule has 0 fully saturated rings. The fourth-order valence-electron chi connectivity index (χ4n) is 10.7. The normalized spacial score (nSPS) is 13.0. The van der Waals surface area contributed by atoms with Gasteiger partial charge in [-0.3, -0.25) is 0 Å². The van der Waals surface area contributed by atoms with E-state index < -0.39 is 5.41 Å². The van der Waals surface area contributed by atoms with Gasteiger partial charge in [-0.25, -0.2) is 0 Å². The Balaban J connectivity index is 1.08. The van der Waals surface area contributed by atoms with Crippen LogP contribution in [0.4, 0.5) is 17.1 Å². The van der Waals surface area contributed by atoms with Crippen LogP contribution in [0.5, 0.6) is 0 Å². The summed E-state index contributed by atoms with van der Waals surface area (Å²) >= 11 is 0. The first-order valence-electron chi connectivity index (χ1n) is 21.1. The second kappa shape index (κ2) is 13.0. The van der Waals surface area contributed by atoms with Crippen molar-refractivity contribution in [2.75, 3.05) is 4.90 Å². The second-order valence-corrected chi connectivity index (χ2v) is 16.4. The van der Waals surface area contributed by atoms with Crippen LogP contribution in [0, 0.1) is 0 Å². The first-order chi connectivity index (χ1) is 30.3. The molecular weight excluding hydrogens is 739 g/mol. The molecule has 0 bridgehead atoms. The summed E-state index contributed by atoms with van der Waals surface area (Å²) in [7, 11) is 0. The molecule has 1 spiro atoms. The zero-order valence-corrected chi connectivity index (χ0v) is 33.2. The van der Waals surface area contributed by atoms with Crippen LogP contribution in [-0.2, 0) is 5.41 Å². The van der Waals surface area contributed by atoms with E-state index in [0.29, 0.717) is 0 Å². The molecule has 0 saturated carbocycles. The van der Waals surface area contributed by atoms with Gasteiger partial charge in [-0.05, 0) is 114 Å². The Kier molecular flexibility index (Phi) is 7.26. The molecule has 2 aliphatic carbocycles. The number of benzene rings is 10. The van der Waals surface area contributed by atoms with Crippen molar-refractivity contribution in [1.29, 1.82) is 0 Å². The third-order valence-electron chi connectivity index (χ3n) is 13.3. The van der Waals surface area contributed by atoms with Crippen molar-refractivity contribution >= 4 is 49.8 Å². The standard InChI is InChI=1S/C59H37NO/c1-2-15-38(16-3-1)39-29-31-40(32-30-39)41-18-14-19-43(35-41)60(55-36-42-17-4-5-20-45(42)57-50-24-9-13-28-56(50)61-58(55)57)44-33-34-49-48-23-8-12-27-53(48)59(54(49)37-44)51-25-10-6-21-46(51)47-22-7-11-26-52(47)59/h1-37H. The van der Waals surface area contributed by atoms with E-state index >= 15 is 0 Å². The number of para-hydroxylation sites is 1. The Morgan fingerprint density at radius 3 is 1.57 bits per heavy atom. The van der Waals surface area contributed by atoms with Gasteiger partial charge in [-0.1, -0.05) is 188 Å². The lowest BCUT2D eigenvalue weighted by atomic mass is 9.70. The van der Waals surface area contributed by atoms with E-state index in [1.807, 2.05) is 0 Å². The van der Waals surface area contributed by atoms with Gasteiger partial charge in [0.15, 0.2) is 5.58 Å². The SMILES string of the molecule is c1ccc(-c2ccc(-c3cccc(N(c4ccc5c(c4)C4(c6ccccc6-c6ccccc64)c4ccccc4-5)c4cc5ccccc5c5c4oc4ccccc45)c3)cc2)cc1. The van der Waals surface area contributed by atoms with Crippen LogP contribution >= 0.6 is 0 Å². The average Bonchev–Trinajstić information content (AvgIpc) is 3.97. The number of rotatable bonds is 5. The highest BCUT2D eigenvalue weighted by molar-refractivity contribution is 6.23. The quantitative estimate of drug-likeness (QED) is 0.173. The van der Waals surface area contributed by atoms with E-state index in [2.05, 4.69) is 229 Å². The van der Waals surface area contributed by atoms with E-state index in [0.717, 1.165) is 55.5 Å². The van der Waals surface area contributed by atoms with Crippen molar-refractivity contribution in [1.82, 2.24) is 0 Å². The average molecular weight is 776 g/mol. The molecule has 10 aromatic carbocycles. The lowest BCUT2D eigenvalue weighted by Crippen LogP contribution is -2.26. The minimum absolute atomic E-state index is 0.471. The molecule has 0 amide bonds. The highest BCUT2D eigenvalue weighted by Crippen LogP contribution is 2.63. The van der Waals surface area contributed by atoms with Crippen LogP contribution in [0.2, 0.25) is 0 Å². The Hall–Kier alpha value is -7.94. The highest BCUT2D eigenvalue weighted by atomic mass is 16.3. The van der Waals surface area contributed by atoms with E-state index in [4.69, 9.17) is 4.42 Å². The van der Waals surface area contributed by atoms with Gasteiger partial charge in [0.25, 0.3) is 0 Å². The number of nitrogens with zero attached hydrogens (tertiary/aromatic N) is 1. The van der Waals surface area contributed by atoms with Crippen molar-refractivity contribution in [2.24, 2.45) is 0 Å². The third-order valence-corrected chi connectivity index (χ3v) is 13.3. The van der Waals surface area contributed by atoms with Crippen LogP contribution in [0.3, 0.4) is 0 Å². The van der Waals surface area contributed by atoms with Crippen molar-refractivity contribution in [3.63, 3.8) is 0 Å². The maximum absolute atomic E-state index is 6.97. The third kappa shape index (κ3) is 4.85. The summed E-state index contributed by atoms with van der Waals surface area (Å²) in [6, 6.07) is 82.2. The van der Waals surface area contributed by atoms with Gasteiger partial charge in [0.05, 0.1) is 11.1 Å². The minimum atomic E-state index is -0.471. The number of anilines is 3. The summed E-state index contributed by atoms with van der Waals surface area (Å²) in [6.07, 6.45) is 0. The highest BCUT2D eigenvalue weighted by Gasteiger charge is 2.51. The van der Waals surface area contributed by atoms with Gasteiger partial charge in [0.1, 0.15) is 5.58 Å². The van der Waals surface area contributed by atoms with Gasteiger partial charge >= 0.3 is 0 Å². The first-order valence-corrected chi connectivity index (χ1v) is 21.1. The Labute approximate surface area is 354 Å². The molecule has 0 saturated heterocycles. The minimum Gasteiger partial charge on any atom is -0.454 e. The lowest BCUT2D eigenvalue weighted by molar-refractivity contribution is 0.669.